The number of hydrogen-bond acceptors (Lipinski definition) is 3. The first-order valence-corrected chi connectivity index (χ1v) is 4.73. The van der Waals surface area contributed by atoms with Crippen molar-refractivity contribution in [2.24, 2.45) is 0 Å². The van der Waals surface area contributed by atoms with Gasteiger partial charge in [-0.15, -0.1) is 0 Å². The van der Waals surface area contributed by atoms with Gasteiger partial charge in [0.1, 0.15) is 0 Å². The summed E-state index contributed by atoms with van der Waals surface area (Å²) in [5.74, 6) is 0.486. The molecule has 2 rings (SSSR count). The molecule has 0 aliphatic carbocycles. The maximum Gasteiger partial charge on any atom is 0.178 e. The molecule has 0 bridgehead atoms. The summed E-state index contributed by atoms with van der Waals surface area (Å²) in [6.45, 7) is 3.54. The second-order valence-corrected chi connectivity index (χ2v) is 3.72. The van der Waals surface area contributed by atoms with E-state index in [0.29, 0.717) is 11.5 Å². The predicted octanol–water partition coefficient (Wildman–Crippen LogP) is 1.09. The molecule has 3 heteroatoms. The Balaban J connectivity index is 2.26. The van der Waals surface area contributed by atoms with E-state index >= 15 is 0 Å². The average molecular weight is 194 g/mol. The Bertz CT molecular complexity index is 329. The van der Waals surface area contributed by atoms with Gasteiger partial charge in [-0.25, -0.2) is 0 Å². The molecule has 0 atom stereocenters. The highest BCUT2D eigenvalue weighted by Gasteiger charge is 2.22. The minimum Gasteiger partial charge on any atom is -0.380 e. The summed E-state index contributed by atoms with van der Waals surface area (Å²) in [5, 5.41) is 18.0. The summed E-state index contributed by atoms with van der Waals surface area (Å²) in [6.07, 6.45) is -1.37. The largest absolute Gasteiger partial charge is 0.380 e. The molecule has 2 N–H and O–H groups in total. The molecule has 76 valence electrons. The van der Waals surface area contributed by atoms with Gasteiger partial charge in [0, 0.05) is 11.5 Å². The number of aliphatic hydroxyl groups is 2. The van der Waals surface area contributed by atoms with E-state index in [4.69, 9.17) is 14.9 Å². The standard InChI is InChI=1S/C11H14O3/c1-7-4-8(11(12)13)2-3-10(7)9-5-14-6-9/h2-4,9,11-13H,5-6H2,1H3. The van der Waals surface area contributed by atoms with E-state index in [1.807, 2.05) is 19.1 Å². The highest BCUT2D eigenvalue weighted by atomic mass is 16.5. The van der Waals surface area contributed by atoms with Gasteiger partial charge in [-0.05, 0) is 18.1 Å². The van der Waals surface area contributed by atoms with Crippen LogP contribution in [0.15, 0.2) is 18.2 Å². The lowest BCUT2D eigenvalue weighted by molar-refractivity contribution is -0.0425. The van der Waals surface area contributed by atoms with Gasteiger partial charge in [0.05, 0.1) is 13.2 Å². The maximum atomic E-state index is 8.98. The first-order chi connectivity index (χ1) is 6.68. The molecule has 1 fully saturated rings. The van der Waals surface area contributed by atoms with Crippen LogP contribution in [0.3, 0.4) is 0 Å². The van der Waals surface area contributed by atoms with Gasteiger partial charge < -0.3 is 14.9 Å². The number of aryl methyl sites for hydroxylation is 1. The molecule has 0 spiro atoms. The average Bonchev–Trinajstić information content (AvgIpc) is 2.04. The zero-order valence-electron chi connectivity index (χ0n) is 8.10. The molecule has 3 nitrogen and oxygen atoms in total. The van der Waals surface area contributed by atoms with Crippen LogP contribution in [-0.2, 0) is 4.74 Å². The highest BCUT2D eigenvalue weighted by Crippen LogP contribution is 2.28. The fourth-order valence-electron chi connectivity index (χ4n) is 1.73. The van der Waals surface area contributed by atoms with Crippen LogP contribution in [0.1, 0.15) is 28.9 Å². The summed E-state index contributed by atoms with van der Waals surface area (Å²) in [7, 11) is 0. The number of hydrogen-bond donors (Lipinski definition) is 2. The van der Waals surface area contributed by atoms with Crippen molar-refractivity contribution in [2.75, 3.05) is 13.2 Å². The molecule has 0 unspecified atom stereocenters. The van der Waals surface area contributed by atoms with Crippen LogP contribution in [0, 0.1) is 6.92 Å². The van der Waals surface area contributed by atoms with E-state index in [1.165, 1.54) is 5.56 Å². The van der Waals surface area contributed by atoms with Crippen LogP contribution in [0.2, 0.25) is 0 Å². The fraction of sp³-hybridized carbons (Fsp3) is 0.455. The van der Waals surface area contributed by atoms with E-state index in [1.54, 1.807) is 6.07 Å². The zero-order chi connectivity index (χ0) is 10.1. The van der Waals surface area contributed by atoms with Gasteiger partial charge >= 0.3 is 0 Å². The van der Waals surface area contributed by atoms with E-state index in [-0.39, 0.29) is 0 Å². The van der Waals surface area contributed by atoms with Crippen molar-refractivity contribution < 1.29 is 14.9 Å². The SMILES string of the molecule is Cc1cc(C(O)O)ccc1C1COC1. The van der Waals surface area contributed by atoms with Crippen LogP contribution < -0.4 is 0 Å². The van der Waals surface area contributed by atoms with Gasteiger partial charge in [0.2, 0.25) is 0 Å². The van der Waals surface area contributed by atoms with Gasteiger partial charge in [-0.1, -0.05) is 18.2 Å². The molecule has 0 aromatic heterocycles. The Hall–Kier alpha value is -0.900. The second kappa shape index (κ2) is 3.69. The molecular weight excluding hydrogens is 180 g/mol. The molecule has 1 heterocycles. The molecule has 0 amide bonds. The van der Waals surface area contributed by atoms with Crippen molar-refractivity contribution >= 4 is 0 Å². The maximum absolute atomic E-state index is 8.98. The van der Waals surface area contributed by atoms with E-state index < -0.39 is 6.29 Å². The van der Waals surface area contributed by atoms with Crippen molar-refractivity contribution in [1.82, 2.24) is 0 Å². The molecule has 1 aromatic rings. The summed E-state index contributed by atoms with van der Waals surface area (Å²) in [4.78, 5) is 0. The normalized spacial score (nSPS) is 17.1. The van der Waals surface area contributed by atoms with Crippen LogP contribution in [0.5, 0.6) is 0 Å². The third kappa shape index (κ3) is 1.66. The van der Waals surface area contributed by atoms with Crippen LogP contribution in [0.4, 0.5) is 0 Å². The minimum atomic E-state index is -1.37. The van der Waals surface area contributed by atoms with Crippen LogP contribution >= 0.6 is 0 Å². The Morgan fingerprint density at radius 1 is 1.36 bits per heavy atom. The number of aliphatic hydroxyl groups excluding tert-OH is 1. The van der Waals surface area contributed by atoms with Crippen molar-refractivity contribution in [3.8, 4) is 0 Å². The third-order valence-electron chi connectivity index (χ3n) is 2.67. The fourth-order valence-corrected chi connectivity index (χ4v) is 1.73. The van der Waals surface area contributed by atoms with Crippen molar-refractivity contribution in [3.05, 3.63) is 34.9 Å². The minimum absolute atomic E-state index is 0.486. The van der Waals surface area contributed by atoms with Crippen molar-refractivity contribution in [3.63, 3.8) is 0 Å². The molecular formula is C11H14O3. The van der Waals surface area contributed by atoms with Crippen LogP contribution in [0.25, 0.3) is 0 Å². The van der Waals surface area contributed by atoms with Gasteiger partial charge in [-0.3, -0.25) is 0 Å². The van der Waals surface area contributed by atoms with Gasteiger partial charge in [0.25, 0.3) is 0 Å². The Kier molecular flexibility index (Phi) is 2.54. The Labute approximate surface area is 83.0 Å². The quantitative estimate of drug-likeness (QED) is 0.693. The summed E-state index contributed by atoms with van der Waals surface area (Å²) >= 11 is 0. The second-order valence-electron chi connectivity index (χ2n) is 3.72. The summed E-state index contributed by atoms with van der Waals surface area (Å²) < 4.78 is 5.12. The zero-order valence-corrected chi connectivity index (χ0v) is 8.10. The molecule has 0 saturated carbocycles. The number of rotatable bonds is 2. The first-order valence-electron chi connectivity index (χ1n) is 4.73. The molecule has 0 radical (unpaired) electrons. The Morgan fingerprint density at radius 2 is 2.07 bits per heavy atom. The topological polar surface area (TPSA) is 49.7 Å². The Morgan fingerprint density at radius 3 is 2.50 bits per heavy atom. The summed E-state index contributed by atoms with van der Waals surface area (Å²) in [5.41, 5.74) is 2.90. The van der Waals surface area contributed by atoms with E-state index in [9.17, 15) is 0 Å². The first kappa shape index (κ1) is 9.65. The van der Waals surface area contributed by atoms with Gasteiger partial charge in [-0.2, -0.15) is 0 Å². The monoisotopic (exact) mass is 194 g/mol. The van der Waals surface area contributed by atoms with Crippen molar-refractivity contribution in [2.45, 2.75) is 19.1 Å². The predicted molar refractivity (Wildman–Crippen MR) is 51.9 cm³/mol. The van der Waals surface area contributed by atoms with E-state index in [0.717, 1.165) is 18.8 Å². The lowest BCUT2D eigenvalue weighted by Crippen LogP contribution is -2.25. The summed E-state index contributed by atoms with van der Waals surface area (Å²) in [6, 6.07) is 5.53. The lowest BCUT2D eigenvalue weighted by Gasteiger charge is -2.28. The smallest absolute Gasteiger partial charge is 0.178 e. The molecule has 1 aliphatic heterocycles. The number of benzene rings is 1. The molecule has 1 aliphatic rings. The number of ether oxygens (including phenoxy) is 1. The van der Waals surface area contributed by atoms with Crippen LogP contribution in [-0.4, -0.2) is 23.4 Å². The lowest BCUT2D eigenvalue weighted by atomic mass is 9.92. The molecule has 1 saturated heterocycles. The van der Waals surface area contributed by atoms with Gasteiger partial charge in [0.15, 0.2) is 6.29 Å². The third-order valence-corrected chi connectivity index (χ3v) is 2.67. The molecule has 14 heavy (non-hydrogen) atoms. The molecule has 1 aromatic carbocycles. The highest BCUT2D eigenvalue weighted by molar-refractivity contribution is 5.34. The van der Waals surface area contributed by atoms with E-state index in [2.05, 4.69) is 0 Å². The van der Waals surface area contributed by atoms with Crippen molar-refractivity contribution in [1.29, 1.82) is 0 Å².